The van der Waals surface area contributed by atoms with Gasteiger partial charge >= 0.3 is 0 Å². The molecule has 12 heavy (non-hydrogen) atoms. The average molecular weight is 164 g/mol. The van der Waals surface area contributed by atoms with Gasteiger partial charge in [0.25, 0.3) is 0 Å². The van der Waals surface area contributed by atoms with E-state index in [9.17, 15) is 0 Å². The van der Waals surface area contributed by atoms with Crippen LogP contribution < -0.4 is 0 Å². The van der Waals surface area contributed by atoms with Crippen molar-refractivity contribution in [3.63, 3.8) is 0 Å². The highest BCUT2D eigenvalue weighted by atomic mass is 15.6. The highest BCUT2D eigenvalue weighted by molar-refractivity contribution is 5.00. The zero-order valence-corrected chi connectivity index (χ0v) is 7.19. The van der Waals surface area contributed by atoms with E-state index in [1.807, 2.05) is 6.92 Å². The van der Waals surface area contributed by atoms with E-state index < -0.39 is 0 Å². The molecule has 0 aliphatic heterocycles. The van der Waals surface area contributed by atoms with Crippen molar-refractivity contribution in [1.82, 2.24) is 20.2 Å². The van der Waals surface area contributed by atoms with E-state index in [4.69, 9.17) is 0 Å². The van der Waals surface area contributed by atoms with Crippen LogP contribution in [-0.2, 0) is 6.54 Å². The summed E-state index contributed by atoms with van der Waals surface area (Å²) in [5.74, 6) is 1.49. The molecule has 0 radical (unpaired) electrons. The molecule has 1 aromatic heterocycles. The van der Waals surface area contributed by atoms with Gasteiger partial charge in [0, 0.05) is 5.92 Å². The van der Waals surface area contributed by atoms with Crippen molar-refractivity contribution < 1.29 is 0 Å². The second kappa shape index (κ2) is 2.69. The Morgan fingerprint density at radius 2 is 2.42 bits per heavy atom. The molecule has 1 fully saturated rings. The van der Waals surface area contributed by atoms with Gasteiger partial charge in [-0.05, 0) is 25.0 Å². The molecule has 0 N–H and O–H groups in total. The molecule has 0 atom stereocenters. The number of nitrogens with zero attached hydrogens (tertiary/aromatic N) is 4. The van der Waals surface area contributed by atoms with Crippen molar-refractivity contribution in [2.24, 2.45) is 0 Å². The molecule has 1 aliphatic rings. The van der Waals surface area contributed by atoms with Gasteiger partial charge in [0.1, 0.15) is 0 Å². The minimum atomic E-state index is 0.587. The molecular weight excluding hydrogens is 152 g/mol. The topological polar surface area (TPSA) is 43.6 Å². The fourth-order valence-corrected chi connectivity index (χ4v) is 1.07. The summed E-state index contributed by atoms with van der Waals surface area (Å²) < 4.78 is 0. The Hall–Kier alpha value is -1.19. The number of hydrogen-bond donors (Lipinski definition) is 0. The van der Waals surface area contributed by atoms with E-state index >= 15 is 0 Å². The van der Waals surface area contributed by atoms with Crippen LogP contribution in [0.5, 0.6) is 0 Å². The Kier molecular flexibility index (Phi) is 1.67. The van der Waals surface area contributed by atoms with Crippen molar-refractivity contribution in [2.75, 3.05) is 0 Å². The van der Waals surface area contributed by atoms with E-state index in [2.05, 4.69) is 22.0 Å². The summed E-state index contributed by atoms with van der Waals surface area (Å²) in [5.41, 5.74) is 1.05. The van der Waals surface area contributed by atoms with E-state index in [1.54, 1.807) is 4.80 Å². The molecule has 0 amide bonds. The first-order chi connectivity index (χ1) is 5.75. The van der Waals surface area contributed by atoms with Gasteiger partial charge in [-0.25, -0.2) is 0 Å². The van der Waals surface area contributed by atoms with Gasteiger partial charge in [-0.15, -0.1) is 10.2 Å². The largest absolute Gasteiger partial charge is 0.177 e. The Bertz CT molecular complexity index is 298. The number of aromatic nitrogens is 4. The molecule has 0 aromatic carbocycles. The lowest BCUT2D eigenvalue weighted by atomic mass is 10.4. The second-order valence-electron chi connectivity index (χ2n) is 3.41. The highest BCUT2D eigenvalue weighted by Gasteiger charge is 2.28. The predicted octanol–water partition coefficient (Wildman–Crippen LogP) is 1.13. The Labute approximate surface area is 71.3 Å². The van der Waals surface area contributed by atoms with Gasteiger partial charge in [0.05, 0.1) is 6.54 Å². The lowest BCUT2D eigenvalue weighted by Gasteiger charge is -1.94. The molecule has 64 valence electrons. The molecule has 0 unspecified atom stereocenters. The van der Waals surface area contributed by atoms with Gasteiger partial charge in [0.2, 0.25) is 0 Å². The molecule has 1 heterocycles. The summed E-state index contributed by atoms with van der Waals surface area (Å²) in [6.45, 7) is 6.43. The lowest BCUT2D eigenvalue weighted by Crippen LogP contribution is -2.03. The molecule has 4 heteroatoms. The second-order valence-corrected chi connectivity index (χ2v) is 3.41. The molecule has 0 spiro atoms. The number of allylic oxidation sites excluding steroid dienone is 1. The first-order valence-corrected chi connectivity index (χ1v) is 4.18. The quantitative estimate of drug-likeness (QED) is 0.629. The molecule has 1 saturated carbocycles. The van der Waals surface area contributed by atoms with E-state index in [-0.39, 0.29) is 0 Å². The van der Waals surface area contributed by atoms with Crippen LogP contribution in [0, 0.1) is 0 Å². The lowest BCUT2D eigenvalue weighted by molar-refractivity contribution is 0.565. The Balaban J connectivity index is 2.07. The minimum absolute atomic E-state index is 0.587. The van der Waals surface area contributed by atoms with Crippen LogP contribution in [0.4, 0.5) is 0 Å². The third kappa shape index (κ3) is 1.52. The molecule has 1 aliphatic carbocycles. The van der Waals surface area contributed by atoms with E-state index in [1.165, 1.54) is 12.8 Å². The number of tetrazole rings is 1. The zero-order valence-electron chi connectivity index (χ0n) is 7.19. The Morgan fingerprint density at radius 1 is 1.67 bits per heavy atom. The SMILES string of the molecule is C=C(C)Cn1nnc(C2CC2)n1. The van der Waals surface area contributed by atoms with E-state index in [0.29, 0.717) is 12.5 Å². The minimum Gasteiger partial charge on any atom is -0.160 e. The molecular formula is C8H12N4. The third-order valence-electron chi connectivity index (χ3n) is 1.82. The maximum absolute atomic E-state index is 4.25. The Morgan fingerprint density at radius 3 is 3.00 bits per heavy atom. The van der Waals surface area contributed by atoms with Crippen LogP contribution in [0.15, 0.2) is 12.2 Å². The fraction of sp³-hybridized carbons (Fsp3) is 0.625. The summed E-state index contributed by atoms with van der Waals surface area (Å²) in [7, 11) is 0. The van der Waals surface area contributed by atoms with E-state index in [0.717, 1.165) is 11.4 Å². The third-order valence-corrected chi connectivity index (χ3v) is 1.82. The highest BCUT2D eigenvalue weighted by Crippen LogP contribution is 2.37. The maximum Gasteiger partial charge on any atom is 0.177 e. The number of rotatable bonds is 3. The monoisotopic (exact) mass is 164 g/mol. The first kappa shape index (κ1) is 7.46. The molecule has 0 saturated heterocycles. The zero-order chi connectivity index (χ0) is 8.55. The first-order valence-electron chi connectivity index (χ1n) is 4.18. The van der Waals surface area contributed by atoms with Crippen LogP contribution in [-0.4, -0.2) is 20.2 Å². The van der Waals surface area contributed by atoms with Crippen LogP contribution in [0.2, 0.25) is 0 Å². The smallest absolute Gasteiger partial charge is 0.160 e. The van der Waals surface area contributed by atoms with Gasteiger partial charge in [-0.2, -0.15) is 4.80 Å². The van der Waals surface area contributed by atoms with Crippen molar-refractivity contribution in [3.8, 4) is 0 Å². The van der Waals surface area contributed by atoms with Gasteiger partial charge in [0.15, 0.2) is 5.82 Å². The standard InChI is InChI=1S/C8H12N4/c1-6(2)5-12-10-8(9-11-12)7-3-4-7/h7H,1,3-5H2,2H3. The summed E-state index contributed by atoms with van der Waals surface area (Å²) in [6.07, 6.45) is 2.44. The van der Waals surface area contributed by atoms with Crippen molar-refractivity contribution in [3.05, 3.63) is 18.0 Å². The summed E-state index contributed by atoms with van der Waals surface area (Å²) in [4.78, 5) is 1.61. The molecule has 2 rings (SSSR count). The molecule has 1 aromatic rings. The normalized spacial score (nSPS) is 16.4. The summed E-state index contributed by atoms with van der Waals surface area (Å²) >= 11 is 0. The van der Waals surface area contributed by atoms with Gasteiger partial charge < -0.3 is 0 Å². The summed E-state index contributed by atoms with van der Waals surface area (Å²) in [5, 5.41) is 12.2. The van der Waals surface area contributed by atoms with Crippen LogP contribution >= 0.6 is 0 Å². The number of hydrogen-bond acceptors (Lipinski definition) is 3. The average Bonchev–Trinajstić information content (AvgIpc) is 2.73. The van der Waals surface area contributed by atoms with Crippen LogP contribution in [0.25, 0.3) is 0 Å². The maximum atomic E-state index is 4.25. The van der Waals surface area contributed by atoms with Gasteiger partial charge in [-0.1, -0.05) is 12.2 Å². The summed E-state index contributed by atoms with van der Waals surface area (Å²) in [6, 6.07) is 0. The predicted molar refractivity (Wildman–Crippen MR) is 44.6 cm³/mol. The molecule has 4 nitrogen and oxygen atoms in total. The molecule has 0 bridgehead atoms. The van der Waals surface area contributed by atoms with Crippen LogP contribution in [0.3, 0.4) is 0 Å². The van der Waals surface area contributed by atoms with Crippen molar-refractivity contribution in [2.45, 2.75) is 32.2 Å². The van der Waals surface area contributed by atoms with Crippen LogP contribution in [0.1, 0.15) is 31.5 Å². The fourth-order valence-electron chi connectivity index (χ4n) is 1.07. The van der Waals surface area contributed by atoms with Crippen molar-refractivity contribution >= 4 is 0 Å². The van der Waals surface area contributed by atoms with Gasteiger partial charge in [-0.3, -0.25) is 0 Å². The van der Waals surface area contributed by atoms with Crippen molar-refractivity contribution in [1.29, 1.82) is 0 Å².